The summed E-state index contributed by atoms with van der Waals surface area (Å²) in [6, 6.07) is 4.00. The number of hydrogen-bond acceptors (Lipinski definition) is 5. The fourth-order valence-corrected chi connectivity index (χ4v) is 3.52. The van der Waals surface area contributed by atoms with Gasteiger partial charge in [0.2, 0.25) is 5.88 Å². The molecule has 2 aromatic rings. The molecule has 0 unspecified atom stereocenters. The van der Waals surface area contributed by atoms with Crippen LogP contribution in [0.2, 0.25) is 0 Å². The van der Waals surface area contributed by atoms with Gasteiger partial charge in [-0.05, 0) is 50.2 Å². The zero-order valence-electron chi connectivity index (χ0n) is 18.4. The van der Waals surface area contributed by atoms with Crippen molar-refractivity contribution in [2.75, 3.05) is 13.6 Å². The summed E-state index contributed by atoms with van der Waals surface area (Å²) in [6.07, 6.45) is 8.36. The van der Waals surface area contributed by atoms with Crippen LogP contribution in [-0.4, -0.2) is 50.3 Å². The Morgan fingerprint density at radius 3 is 2.73 bits per heavy atom. The number of ether oxygens (including phenoxy) is 1. The third-order valence-electron chi connectivity index (χ3n) is 5.34. The zero-order chi connectivity index (χ0) is 20.6. The first kappa shape index (κ1) is 24.4. The van der Waals surface area contributed by atoms with Crippen molar-refractivity contribution in [3.8, 4) is 5.88 Å². The molecule has 0 spiro atoms. The second-order valence-corrected chi connectivity index (χ2v) is 7.83. The lowest BCUT2D eigenvalue weighted by atomic mass is 9.89. The van der Waals surface area contributed by atoms with E-state index in [0.717, 1.165) is 42.7 Å². The monoisotopic (exact) mass is 527 g/mol. The maximum absolute atomic E-state index is 6.13. The maximum Gasteiger partial charge on any atom is 0.213 e. The van der Waals surface area contributed by atoms with E-state index in [1.165, 1.54) is 12.8 Å². The van der Waals surface area contributed by atoms with E-state index in [2.05, 4.69) is 39.1 Å². The molecule has 0 amide bonds. The molecule has 0 aromatic carbocycles. The summed E-state index contributed by atoms with van der Waals surface area (Å²) in [7, 11) is 3.90. The lowest BCUT2D eigenvalue weighted by Crippen LogP contribution is -2.39. The van der Waals surface area contributed by atoms with Crippen LogP contribution in [0.4, 0.5) is 0 Å². The first-order valence-corrected chi connectivity index (χ1v) is 10.5. The SMILES string of the molecule is CCNC(=NCc1ccnc(OC2CCC(C)CC2)c1)N(C)Cc1ncnn1C.I. The molecule has 0 atom stereocenters. The molecule has 3 rings (SSSR count). The maximum atomic E-state index is 6.13. The second-order valence-electron chi connectivity index (χ2n) is 7.83. The molecule has 9 heteroatoms. The third kappa shape index (κ3) is 7.10. The van der Waals surface area contributed by atoms with Crippen LogP contribution in [-0.2, 0) is 20.1 Å². The molecule has 166 valence electrons. The van der Waals surface area contributed by atoms with Crippen LogP contribution in [0.1, 0.15) is 50.9 Å². The molecule has 1 aliphatic carbocycles. The summed E-state index contributed by atoms with van der Waals surface area (Å²) < 4.78 is 7.90. The molecule has 0 aliphatic heterocycles. The number of rotatable bonds is 7. The van der Waals surface area contributed by atoms with Crippen LogP contribution in [0, 0.1) is 5.92 Å². The molecular weight excluding hydrogens is 493 g/mol. The summed E-state index contributed by atoms with van der Waals surface area (Å²) in [5.74, 6) is 3.23. The van der Waals surface area contributed by atoms with Crippen molar-refractivity contribution in [3.05, 3.63) is 36.0 Å². The standard InChI is InChI=1S/C21H33N7O.HI/c1-5-22-21(27(3)14-19-25-15-26-28(19)4)24-13-17-10-11-23-20(12-17)29-18-8-6-16(2)7-9-18;/h10-12,15-16,18H,5-9,13-14H2,1-4H3,(H,22,24);1H. The molecule has 1 saturated carbocycles. The van der Waals surface area contributed by atoms with E-state index >= 15 is 0 Å². The Kier molecular flexibility index (Phi) is 9.80. The molecule has 8 nitrogen and oxygen atoms in total. The Bertz CT molecular complexity index is 802. The lowest BCUT2D eigenvalue weighted by molar-refractivity contribution is 0.130. The quantitative estimate of drug-likeness (QED) is 0.338. The van der Waals surface area contributed by atoms with Gasteiger partial charge in [-0.2, -0.15) is 5.10 Å². The van der Waals surface area contributed by atoms with E-state index in [-0.39, 0.29) is 30.1 Å². The van der Waals surface area contributed by atoms with Crippen molar-refractivity contribution in [1.82, 2.24) is 30.0 Å². The van der Waals surface area contributed by atoms with E-state index < -0.39 is 0 Å². The van der Waals surface area contributed by atoms with Crippen molar-refractivity contribution in [1.29, 1.82) is 0 Å². The van der Waals surface area contributed by atoms with Gasteiger partial charge < -0.3 is 15.0 Å². The first-order valence-electron chi connectivity index (χ1n) is 10.5. The highest BCUT2D eigenvalue weighted by atomic mass is 127. The van der Waals surface area contributed by atoms with E-state index in [1.54, 1.807) is 11.0 Å². The molecule has 0 saturated heterocycles. The van der Waals surface area contributed by atoms with Gasteiger partial charge in [-0.15, -0.1) is 24.0 Å². The van der Waals surface area contributed by atoms with Gasteiger partial charge in [-0.1, -0.05) is 6.92 Å². The minimum absolute atomic E-state index is 0. The van der Waals surface area contributed by atoms with Gasteiger partial charge in [0, 0.05) is 32.9 Å². The van der Waals surface area contributed by atoms with Crippen molar-refractivity contribution in [2.24, 2.45) is 18.0 Å². The van der Waals surface area contributed by atoms with Crippen LogP contribution in [0.5, 0.6) is 5.88 Å². The Labute approximate surface area is 196 Å². The highest BCUT2D eigenvalue weighted by Crippen LogP contribution is 2.26. The number of aromatic nitrogens is 4. The molecule has 30 heavy (non-hydrogen) atoms. The Balaban J connectivity index is 0.00000320. The van der Waals surface area contributed by atoms with Gasteiger partial charge >= 0.3 is 0 Å². The van der Waals surface area contributed by atoms with E-state index in [9.17, 15) is 0 Å². The van der Waals surface area contributed by atoms with Crippen LogP contribution >= 0.6 is 24.0 Å². The Hall–Kier alpha value is -1.91. The number of aliphatic imine (C=N–C) groups is 1. The molecule has 0 bridgehead atoms. The minimum Gasteiger partial charge on any atom is -0.474 e. The Morgan fingerprint density at radius 2 is 2.07 bits per heavy atom. The number of halogens is 1. The van der Waals surface area contributed by atoms with Gasteiger partial charge in [0.05, 0.1) is 13.1 Å². The summed E-state index contributed by atoms with van der Waals surface area (Å²) in [5.41, 5.74) is 1.08. The van der Waals surface area contributed by atoms with E-state index in [1.807, 2.05) is 32.4 Å². The number of nitrogens with zero attached hydrogens (tertiary/aromatic N) is 6. The molecule has 1 fully saturated rings. The smallest absolute Gasteiger partial charge is 0.213 e. The molecule has 1 N–H and O–H groups in total. The normalized spacial score (nSPS) is 19.1. The van der Waals surface area contributed by atoms with Crippen LogP contribution < -0.4 is 10.1 Å². The summed E-state index contributed by atoms with van der Waals surface area (Å²) in [5, 5.41) is 7.47. The van der Waals surface area contributed by atoms with Gasteiger partial charge in [-0.25, -0.2) is 15.0 Å². The molecule has 2 aromatic heterocycles. The number of nitrogens with one attached hydrogen (secondary N) is 1. The predicted octanol–water partition coefficient (Wildman–Crippen LogP) is 3.38. The Morgan fingerprint density at radius 1 is 1.30 bits per heavy atom. The zero-order valence-corrected chi connectivity index (χ0v) is 20.7. The molecular formula is C21H34IN7O. The van der Waals surface area contributed by atoms with Gasteiger partial charge in [0.15, 0.2) is 5.96 Å². The average molecular weight is 527 g/mol. The molecule has 1 aliphatic rings. The summed E-state index contributed by atoms with van der Waals surface area (Å²) in [4.78, 5) is 15.5. The van der Waals surface area contributed by atoms with Crippen LogP contribution in [0.25, 0.3) is 0 Å². The summed E-state index contributed by atoms with van der Waals surface area (Å²) in [6.45, 7) is 6.37. The van der Waals surface area contributed by atoms with Gasteiger partial charge in [-0.3, -0.25) is 4.68 Å². The van der Waals surface area contributed by atoms with Crippen LogP contribution in [0.3, 0.4) is 0 Å². The van der Waals surface area contributed by atoms with Crippen molar-refractivity contribution < 1.29 is 4.74 Å². The third-order valence-corrected chi connectivity index (χ3v) is 5.34. The van der Waals surface area contributed by atoms with Crippen molar-refractivity contribution in [3.63, 3.8) is 0 Å². The van der Waals surface area contributed by atoms with E-state index in [0.29, 0.717) is 19.0 Å². The lowest BCUT2D eigenvalue weighted by Gasteiger charge is -2.26. The van der Waals surface area contributed by atoms with Gasteiger partial charge in [0.25, 0.3) is 0 Å². The number of aryl methyl sites for hydroxylation is 1. The average Bonchev–Trinajstić information content (AvgIpc) is 3.11. The molecule has 2 heterocycles. The number of pyridine rings is 1. The number of guanidine groups is 1. The van der Waals surface area contributed by atoms with Gasteiger partial charge in [0.1, 0.15) is 18.3 Å². The van der Waals surface area contributed by atoms with Crippen molar-refractivity contribution >= 4 is 29.9 Å². The fraction of sp³-hybridized carbons (Fsp3) is 0.619. The van der Waals surface area contributed by atoms with Crippen LogP contribution in [0.15, 0.2) is 29.6 Å². The highest BCUT2D eigenvalue weighted by Gasteiger charge is 2.20. The topological polar surface area (TPSA) is 80.5 Å². The predicted molar refractivity (Wildman–Crippen MR) is 129 cm³/mol. The number of hydrogen-bond donors (Lipinski definition) is 1. The van der Waals surface area contributed by atoms with Crippen molar-refractivity contribution in [2.45, 2.75) is 58.7 Å². The van der Waals surface area contributed by atoms with E-state index in [4.69, 9.17) is 9.73 Å². The minimum atomic E-state index is 0. The highest BCUT2D eigenvalue weighted by molar-refractivity contribution is 14.0. The largest absolute Gasteiger partial charge is 0.474 e. The second kappa shape index (κ2) is 12.1. The summed E-state index contributed by atoms with van der Waals surface area (Å²) >= 11 is 0. The molecule has 0 radical (unpaired) electrons. The first-order chi connectivity index (χ1) is 14.0. The fourth-order valence-electron chi connectivity index (χ4n) is 3.52.